The van der Waals surface area contributed by atoms with Gasteiger partial charge in [-0.3, -0.25) is 0 Å². The lowest BCUT2D eigenvalue weighted by Gasteiger charge is -1.97. The summed E-state index contributed by atoms with van der Waals surface area (Å²) in [4.78, 5) is 33.9. The third-order valence-corrected chi connectivity index (χ3v) is 6.49. The predicted molar refractivity (Wildman–Crippen MR) is 146 cm³/mol. The molecule has 4 N–H and O–H groups in total. The van der Waals surface area contributed by atoms with Gasteiger partial charge in [0, 0.05) is 22.8 Å². The largest absolute Gasteiger partial charge is 0.339 e. The van der Waals surface area contributed by atoms with E-state index < -0.39 is 0 Å². The predicted octanol–water partition coefficient (Wildman–Crippen LogP) is 6.38. The van der Waals surface area contributed by atoms with Crippen LogP contribution in [0.4, 0.5) is 0 Å². The highest BCUT2D eigenvalue weighted by atomic mass is 15.1. The Bertz CT molecular complexity index is 1180. The fourth-order valence-electron chi connectivity index (χ4n) is 4.77. The van der Waals surface area contributed by atoms with E-state index in [1.807, 2.05) is 0 Å². The maximum atomic E-state index is 4.94. The Morgan fingerprint density at radius 1 is 0.417 bits per heavy atom. The number of rotatable bonds is 8. The second-order valence-corrected chi connectivity index (χ2v) is 9.46. The fourth-order valence-corrected chi connectivity index (χ4v) is 4.77. The van der Waals surface area contributed by atoms with Crippen molar-refractivity contribution in [2.45, 2.75) is 79.1 Å². The van der Waals surface area contributed by atoms with Crippen LogP contribution in [0.25, 0.3) is 47.6 Å². The molecule has 0 atom stereocenters. The number of aromatic nitrogens is 8. The number of hydrogen-bond acceptors (Lipinski definition) is 4. The normalized spacial score (nSPS) is 12.6. The topological polar surface area (TPSA) is 115 Å². The van der Waals surface area contributed by atoms with Crippen LogP contribution in [0.3, 0.4) is 0 Å². The molecule has 0 saturated heterocycles. The van der Waals surface area contributed by atoms with Crippen LogP contribution in [-0.4, -0.2) is 39.9 Å². The third kappa shape index (κ3) is 4.72. The molecule has 188 valence electrons. The molecule has 8 heteroatoms. The van der Waals surface area contributed by atoms with Gasteiger partial charge in [-0.2, -0.15) is 0 Å². The second kappa shape index (κ2) is 10.5. The van der Waals surface area contributed by atoms with Gasteiger partial charge < -0.3 is 19.9 Å². The molecule has 0 amide bonds. The highest BCUT2D eigenvalue weighted by Crippen LogP contribution is 2.26. The Kier molecular flexibility index (Phi) is 7.02. The molecule has 5 heterocycles. The van der Waals surface area contributed by atoms with E-state index in [4.69, 9.17) is 19.9 Å². The first-order valence-electron chi connectivity index (χ1n) is 13.4. The molecule has 4 aromatic rings. The Morgan fingerprint density at radius 2 is 0.639 bits per heavy atom. The van der Waals surface area contributed by atoms with Crippen LogP contribution in [0.2, 0.25) is 0 Å². The lowest BCUT2D eigenvalue weighted by molar-refractivity contribution is 0.885. The summed E-state index contributed by atoms with van der Waals surface area (Å²) in [5, 5.41) is 0. The fraction of sp³-hybridized carbons (Fsp3) is 0.429. The van der Waals surface area contributed by atoms with Gasteiger partial charge in [0.25, 0.3) is 0 Å². The van der Waals surface area contributed by atoms with Gasteiger partial charge in [0.1, 0.15) is 0 Å². The molecule has 8 bridgehead atoms. The molecule has 4 aromatic heterocycles. The minimum atomic E-state index is 0.771. The average molecular weight is 485 g/mol. The number of imidazole rings is 4. The second-order valence-electron chi connectivity index (χ2n) is 9.46. The summed E-state index contributed by atoms with van der Waals surface area (Å²) in [5.74, 6) is 3.08. The molecule has 0 unspecified atom stereocenters. The van der Waals surface area contributed by atoms with Crippen molar-refractivity contribution >= 4 is 24.3 Å². The van der Waals surface area contributed by atoms with E-state index in [-0.39, 0.29) is 0 Å². The number of H-pyrrole nitrogens is 4. The zero-order chi connectivity index (χ0) is 25.1. The van der Waals surface area contributed by atoms with Gasteiger partial charge in [0.2, 0.25) is 0 Å². The highest BCUT2D eigenvalue weighted by molar-refractivity contribution is 5.73. The summed E-state index contributed by atoms with van der Waals surface area (Å²) < 4.78 is 0. The third-order valence-electron chi connectivity index (χ3n) is 6.49. The van der Waals surface area contributed by atoms with Gasteiger partial charge in [-0.15, -0.1) is 0 Å². The number of nitrogens with zero attached hydrogens (tertiary/aromatic N) is 4. The van der Waals surface area contributed by atoms with E-state index in [0.29, 0.717) is 0 Å². The monoisotopic (exact) mass is 484 g/mol. The molecular weight excluding hydrogens is 448 g/mol. The quantitative estimate of drug-likeness (QED) is 0.205. The van der Waals surface area contributed by atoms with Crippen molar-refractivity contribution in [2.75, 3.05) is 0 Å². The van der Waals surface area contributed by atoms with Crippen LogP contribution >= 0.6 is 0 Å². The molecular formula is C28H36N8. The number of fused-ring (bicyclic) bond motifs is 10. The Balaban J connectivity index is 1.70. The van der Waals surface area contributed by atoms with Gasteiger partial charge >= 0.3 is 0 Å². The summed E-state index contributed by atoms with van der Waals surface area (Å²) in [6.07, 6.45) is 16.1. The number of aromatic amines is 4. The van der Waals surface area contributed by atoms with Crippen LogP contribution in [-0.2, 0) is 25.7 Å². The number of hydrogen-bond donors (Lipinski definition) is 4. The van der Waals surface area contributed by atoms with Crippen LogP contribution in [0.1, 0.15) is 98.9 Å². The molecule has 36 heavy (non-hydrogen) atoms. The van der Waals surface area contributed by atoms with Gasteiger partial charge in [-0.05, 0) is 50.0 Å². The summed E-state index contributed by atoms with van der Waals surface area (Å²) in [5.41, 5.74) is 8.20. The SMILES string of the molecule is CCCc1[nH]c2nc1C=Cc1nc([nH]c1CCC)-c1nc(c(CCC)[nH]1)C=Cc1nc-2[nH]c1CCC. The minimum absolute atomic E-state index is 0.771. The smallest absolute Gasteiger partial charge is 0.174 e. The lowest BCUT2D eigenvalue weighted by atomic mass is 10.1. The van der Waals surface area contributed by atoms with E-state index in [2.05, 4.69) is 71.9 Å². The molecule has 0 saturated carbocycles. The first-order chi connectivity index (χ1) is 17.6. The number of aryl methyl sites for hydroxylation is 4. The van der Waals surface area contributed by atoms with Crippen molar-refractivity contribution < 1.29 is 0 Å². The maximum absolute atomic E-state index is 4.94. The Labute approximate surface area is 212 Å². The van der Waals surface area contributed by atoms with E-state index >= 15 is 0 Å². The average Bonchev–Trinajstić information content (AvgIpc) is 3.63. The van der Waals surface area contributed by atoms with Gasteiger partial charge in [0.15, 0.2) is 23.3 Å². The maximum Gasteiger partial charge on any atom is 0.174 e. The van der Waals surface area contributed by atoms with Crippen molar-refractivity contribution in [1.82, 2.24) is 39.9 Å². The summed E-state index contributed by atoms with van der Waals surface area (Å²) in [6, 6.07) is 0. The van der Waals surface area contributed by atoms with Crippen molar-refractivity contribution in [1.29, 1.82) is 0 Å². The molecule has 0 fully saturated rings. The molecule has 5 rings (SSSR count). The molecule has 0 spiro atoms. The molecule has 0 aliphatic carbocycles. The first kappa shape index (κ1) is 24.0. The van der Waals surface area contributed by atoms with Crippen molar-refractivity contribution in [3.05, 3.63) is 45.6 Å². The van der Waals surface area contributed by atoms with E-state index in [1.54, 1.807) is 0 Å². The van der Waals surface area contributed by atoms with Gasteiger partial charge in [-0.25, -0.2) is 19.9 Å². The number of nitrogens with one attached hydrogen (secondary N) is 4. The highest BCUT2D eigenvalue weighted by Gasteiger charge is 2.18. The molecule has 1 aliphatic heterocycles. The zero-order valence-electron chi connectivity index (χ0n) is 21.8. The van der Waals surface area contributed by atoms with Crippen molar-refractivity contribution in [3.63, 3.8) is 0 Å². The van der Waals surface area contributed by atoms with Crippen LogP contribution in [0, 0.1) is 0 Å². The van der Waals surface area contributed by atoms with Crippen LogP contribution < -0.4 is 0 Å². The first-order valence-corrected chi connectivity index (χ1v) is 13.4. The molecule has 1 aliphatic rings. The Hall–Kier alpha value is -3.68. The van der Waals surface area contributed by atoms with Crippen molar-refractivity contribution in [3.8, 4) is 23.3 Å². The molecule has 8 nitrogen and oxygen atoms in total. The van der Waals surface area contributed by atoms with Crippen molar-refractivity contribution in [2.24, 2.45) is 0 Å². The van der Waals surface area contributed by atoms with E-state index in [0.717, 1.165) is 120 Å². The Morgan fingerprint density at radius 3 is 0.833 bits per heavy atom. The zero-order valence-corrected chi connectivity index (χ0v) is 21.8. The van der Waals surface area contributed by atoms with E-state index in [1.165, 1.54) is 0 Å². The van der Waals surface area contributed by atoms with Gasteiger partial charge in [0.05, 0.1) is 22.8 Å². The lowest BCUT2D eigenvalue weighted by Crippen LogP contribution is -1.89. The molecule has 0 radical (unpaired) electrons. The summed E-state index contributed by atoms with van der Waals surface area (Å²) in [7, 11) is 0. The van der Waals surface area contributed by atoms with E-state index in [9.17, 15) is 0 Å². The van der Waals surface area contributed by atoms with Crippen LogP contribution in [0.15, 0.2) is 0 Å². The van der Waals surface area contributed by atoms with Crippen LogP contribution in [0.5, 0.6) is 0 Å². The summed E-state index contributed by atoms with van der Waals surface area (Å²) in [6.45, 7) is 8.73. The standard InChI is InChI=1S/C28H36N8/c1-5-9-17-21-13-14-22-18(10-6-2)31-27(35-22)28-32-20(12-8-4)24(36-28)16-15-23-19(11-7-3)30-26(34-23)25(29-17)33-21/h13-16H,5-12H2,1-4H3,(H,29,33)(H,30,34)(H,31,35)(H,32,36). The summed E-state index contributed by atoms with van der Waals surface area (Å²) >= 11 is 0. The van der Waals surface area contributed by atoms with Gasteiger partial charge in [-0.1, -0.05) is 53.4 Å². The molecule has 0 aromatic carbocycles. The minimum Gasteiger partial charge on any atom is -0.339 e.